The maximum atomic E-state index is 10.3. The first-order chi connectivity index (χ1) is 8.90. The lowest BCUT2D eigenvalue weighted by Crippen LogP contribution is -2.34. The topological polar surface area (TPSA) is 32.3 Å². The fraction of sp³-hybridized carbons (Fsp3) is 0.647. The Morgan fingerprint density at radius 3 is 2.00 bits per heavy atom. The molecule has 1 aromatic carbocycles. The Kier molecular flexibility index (Phi) is 6.53. The van der Waals surface area contributed by atoms with E-state index in [2.05, 4.69) is 57.3 Å². The van der Waals surface area contributed by atoms with E-state index in [1.165, 1.54) is 5.56 Å². The second kappa shape index (κ2) is 7.66. The summed E-state index contributed by atoms with van der Waals surface area (Å²) in [5, 5.41) is 13.7. The average molecular weight is 263 g/mol. The molecule has 0 amide bonds. The number of rotatable bonds is 7. The molecule has 2 N–H and O–H groups in total. The second-order valence-electron chi connectivity index (χ2n) is 6.38. The molecule has 0 fully saturated rings. The van der Waals surface area contributed by atoms with Gasteiger partial charge in [-0.05, 0) is 42.9 Å². The zero-order valence-corrected chi connectivity index (χ0v) is 13.0. The van der Waals surface area contributed by atoms with Crippen LogP contribution in [-0.2, 0) is 6.42 Å². The van der Waals surface area contributed by atoms with E-state index in [1.54, 1.807) is 0 Å². The smallest absolute Gasteiger partial charge is 0.0940 e. The highest BCUT2D eigenvalue weighted by atomic mass is 16.3. The van der Waals surface area contributed by atoms with Crippen molar-refractivity contribution >= 4 is 0 Å². The molecule has 2 nitrogen and oxygen atoms in total. The average Bonchev–Trinajstić information content (AvgIpc) is 2.35. The van der Waals surface area contributed by atoms with Gasteiger partial charge in [-0.15, -0.1) is 0 Å². The number of hydrogen-bond donors (Lipinski definition) is 2. The van der Waals surface area contributed by atoms with E-state index >= 15 is 0 Å². The molecule has 0 aliphatic carbocycles. The predicted octanol–water partition coefficient (Wildman–Crippen LogP) is 3.55. The molecule has 0 aliphatic rings. The molecule has 2 atom stereocenters. The number of nitrogens with one attached hydrogen (secondary N) is 1. The Hall–Kier alpha value is -0.860. The first-order valence-corrected chi connectivity index (χ1v) is 7.40. The van der Waals surface area contributed by atoms with Crippen LogP contribution in [0.1, 0.15) is 51.8 Å². The minimum atomic E-state index is -0.438. The van der Waals surface area contributed by atoms with Crippen LogP contribution in [0.25, 0.3) is 0 Å². The molecule has 1 aromatic rings. The zero-order chi connectivity index (χ0) is 14.4. The summed E-state index contributed by atoms with van der Waals surface area (Å²) in [6.07, 6.45) is 0.657. The van der Waals surface area contributed by atoms with E-state index in [9.17, 15) is 5.11 Å². The van der Waals surface area contributed by atoms with Gasteiger partial charge in [0, 0.05) is 6.04 Å². The van der Waals surface area contributed by atoms with Crippen LogP contribution >= 0.6 is 0 Å². The van der Waals surface area contributed by atoms with Gasteiger partial charge in [-0.3, -0.25) is 0 Å². The van der Waals surface area contributed by atoms with Crippen LogP contribution in [0.2, 0.25) is 0 Å². The number of hydrogen-bond acceptors (Lipinski definition) is 2. The van der Waals surface area contributed by atoms with Gasteiger partial charge >= 0.3 is 0 Å². The van der Waals surface area contributed by atoms with E-state index in [1.807, 2.05) is 6.92 Å². The molecule has 0 heterocycles. The lowest BCUT2D eigenvalue weighted by Gasteiger charge is -2.22. The summed E-state index contributed by atoms with van der Waals surface area (Å²) in [5.74, 6) is 1.27. The predicted molar refractivity (Wildman–Crippen MR) is 82.2 cm³/mol. The van der Waals surface area contributed by atoms with Crippen LogP contribution in [0.4, 0.5) is 0 Å². The van der Waals surface area contributed by atoms with Crippen molar-refractivity contribution in [3.63, 3.8) is 0 Å². The van der Waals surface area contributed by atoms with Crippen molar-refractivity contribution in [2.24, 2.45) is 11.8 Å². The second-order valence-corrected chi connectivity index (χ2v) is 6.38. The molecule has 0 radical (unpaired) electrons. The standard InChI is InChI=1S/C17H29NO/c1-12(2)10-15-6-8-16(9-7-15)17(19)14(5)18-11-13(3)4/h6-9,12-14,17-19H,10-11H2,1-5H3. The summed E-state index contributed by atoms with van der Waals surface area (Å²) in [4.78, 5) is 0. The van der Waals surface area contributed by atoms with Crippen LogP contribution < -0.4 is 5.32 Å². The minimum absolute atomic E-state index is 0.0818. The molecule has 1 rings (SSSR count). The molecule has 0 spiro atoms. The van der Waals surface area contributed by atoms with Crippen molar-refractivity contribution < 1.29 is 5.11 Å². The van der Waals surface area contributed by atoms with Gasteiger partial charge in [0.2, 0.25) is 0 Å². The first-order valence-electron chi connectivity index (χ1n) is 7.40. The summed E-state index contributed by atoms with van der Waals surface area (Å²) in [6, 6.07) is 8.45. The monoisotopic (exact) mass is 263 g/mol. The summed E-state index contributed by atoms with van der Waals surface area (Å²) < 4.78 is 0. The van der Waals surface area contributed by atoms with Crippen molar-refractivity contribution in [3.8, 4) is 0 Å². The fourth-order valence-corrected chi connectivity index (χ4v) is 2.14. The van der Waals surface area contributed by atoms with Crippen molar-refractivity contribution in [3.05, 3.63) is 35.4 Å². The van der Waals surface area contributed by atoms with E-state index in [0.29, 0.717) is 11.8 Å². The van der Waals surface area contributed by atoms with Gasteiger partial charge in [0.15, 0.2) is 0 Å². The highest BCUT2D eigenvalue weighted by molar-refractivity contribution is 5.25. The van der Waals surface area contributed by atoms with Crippen LogP contribution in [0.15, 0.2) is 24.3 Å². The Labute approximate surface area is 118 Å². The third kappa shape index (κ3) is 5.75. The number of aliphatic hydroxyl groups excluding tert-OH is 1. The van der Waals surface area contributed by atoms with Gasteiger partial charge in [0.1, 0.15) is 0 Å². The normalized spacial score (nSPS) is 14.9. The van der Waals surface area contributed by atoms with Crippen LogP contribution in [0.3, 0.4) is 0 Å². The van der Waals surface area contributed by atoms with Crippen molar-refractivity contribution in [2.75, 3.05) is 6.54 Å². The third-order valence-electron chi connectivity index (χ3n) is 3.29. The molecule has 19 heavy (non-hydrogen) atoms. The van der Waals surface area contributed by atoms with E-state index in [-0.39, 0.29) is 6.04 Å². The van der Waals surface area contributed by atoms with E-state index in [0.717, 1.165) is 18.5 Å². The lowest BCUT2D eigenvalue weighted by molar-refractivity contribution is 0.134. The number of benzene rings is 1. The molecule has 0 bridgehead atoms. The third-order valence-corrected chi connectivity index (χ3v) is 3.29. The molecule has 0 saturated carbocycles. The van der Waals surface area contributed by atoms with Crippen LogP contribution in [0.5, 0.6) is 0 Å². The molecular formula is C17H29NO. The molecule has 2 unspecified atom stereocenters. The molecule has 0 saturated heterocycles. The number of aliphatic hydroxyl groups is 1. The Balaban J connectivity index is 2.59. The Morgan fingerprint density at radius 2 is 1.53 bits per heavy atom. The fourth-order valence-electron chi connectivity index (χ4n) is 2.14. The quantitative estimate of drug-likeness (QED) is 0.788. The minimum Gasteiger partial charge on any atom is -0.387 e. The lowest BCUT2D eigenvalue weighted by atomic mass is 9.98. The summed E-state index contributed by atoms with van der Waals surface area (Å²) in [5.41, 5.74) is 2.34. The summed E-state index contributed by atoms with van der Waals surface area (Å²) in [6.45, 7) is 11.8. The van der Waals surface area contributed by atoms with Gasteiger partial charge in [0.05, 0.1) is 6.10 Å². The van der Waals surface area contributed by atoms with Crippen molar-refractivity contribution in [1.29, 1.82) is 0 Å². The van der Waals surface area contributed by atoms with Gasteiger partial charge in [-0.1, -0.05) is 52.0 Å². The molecular weight excluding hydrogens is 234 g/mol. The Bertz CT molecular complexity index is 356. The first kappa shape index (κ1) is 16.2. The van der Waals surface area contributed by atoms with Crippen LogP contribution in [-0.4, -0.2) is 17.7 Å². The van der Waals surface area contributed by atoms with Gasteiger partial charge in [-0.2, -0.15) is 0 Å². The maximum absolute atomic E-state index is 10.3. The van der Waals surface area contributed by atoms with Crippen molar-refractivity contribution in [1.82, 2.24) is 5.32 Å². The van der Waals surface area contributed by atoms with E-state index < -0.39 is 6.10 Å². The molecule has 0 aromatic heterocycles. The zero-order valence-electron chi connectivity index (χ0n) is 13.0. The van der Waals surface area contributed by atoms with E-state index in [4.69, 9.17) is 0 Å². The van der Waals surface area contributed by atoms with Gasteiger partial charge in [0.25, 0.3) is 0 Å². The summed E-state index contributed by atoms with van der Waals surface area (Å²) in [7, 11) is 0. The maximum Gasteiger partial charge on any atom is 0.0940 e. The van der Waals surface area contributed by atoms with Crippen molar-refractivity contribution in [2.45, 2.75) is 53.2 Å². The highest BCUT2D eigenvalue weighted by Gasteiger charge is 2.16. The van der Waals surface area contributed by atoms with Crippen LogP contribution in [0, 0.1) is 11.8 Å². The summed E-state index contributed by atoms with van der Waals surface area (Å²) >= 11 is 0. The largest absolute Gasteiger partial charge is 0.387 e. The van der Waals surface area contributed by atoms with Gasteiger partial charge in [-0.25, -0.2) is 0 Å². The molecule has 0 aliphatic heterocycles. The SMILES string of the molecule is CC(C)CNC(C)C(O)c1ccc(CC(C)C)cc1. The highest BCUT2D eigenvalue weighted by Crippen LogP contribution is 2.18. The molecule has 108 valence electrons. The van der Waals surface area contributed by atoms with Gasteiger partial charge < -0.3 is 10.4 Å². The Morgan fingerprint density at radius 1 is 0.947 bits per heavy atom. The molecule has 2 heteroatoms.